The van der Waals surface area contributed by atoms with E-state index in [1.165, 1.54) is 9.80 Å². The topological polar surface area (TPSA) is 83.3 Å². The van der Waals surface area contributed by atoms with Crippen LogP contribution in [0.1, 0.15) is 31.0 Å². The Kier molecular flexibility index (Phi) is 7.53. The number of carbonyl (C=O) groups excluding carboxylic acids is 2. The molecule has 0 radical (unpaired) electrons. The fourth-order valence-electron chi connectivity index (χ4n) is 4.04. The van der Waals surface area contributed by atoms with Gasteiger partial charge in [-0.2, -0.15) is 0 Å². The van der Waals surface area contributed by atoms with Crippen LogP contribution in [0.3, 0.4) is 0 Å². The van der Waals surface area contributed by atoms with Crippen molar-refractivity contribution >= 4 is 17.4 Å². The number of benzene rings is 2. The molecule has 0 aliphatic carbocycles. The van der Waals surface area contributed by atoms with Gasteiger partial charge in [-0.25, -0.2) is 0 Å². The van der Waals surface area contributed by atoms with E-state index in [9.17, 15) is 14.7 Å². The standard InChI is InChI=1S/C25H30N2O5/c1-5-26(6-2)14-15-27-22(18-8-7-9-20(16-18)32-4)21(24(29)25(27)30)23(28)17-10-12-19(31-3)13-11-17/h7-13,16,22,28H,5-6,14-15H2,1-4H3. The first-order valence-corrected chi connectivity index (χ1v) is 10.8. The molecule has 1 atom stereocenters. The van der Waals surface area contributed by atoms with Crippen LogP contribution >= 0.6 is 0 Å². The summed E-state index contributed by atoms with van der Waals surface area (Å²) in [6.45, 7) is 7.06. The Balaban J connectivity index is 2.10. The van der Waals surface area contributed by atoms with Crippen molar-refractivity contribution in [2.75, 3.05) is 40.4 Å². The molecule has 1 amide bonds. The Morgan fingerprint density at radius 2 is 1.66 bits per heavy atom. The van der Waals surface area contributed by atoms with Crippen molar-refractivity contribution in [2.45, 2.75) is 19.9 Å². The van der Waals surface area contributed by atoms with Crippen molar-refractivity contribution in [1.29, 1.82) is 0 Å². The number of Topliss-reactive ketones (excluding diaryl/α,β-unsaturated/α-hetero) is 1. The third-order valence-electron chi connectivity index (χ3n) is 6.00. The van der Waals surface area contributed by atoms with Gasteiger partial charge in [0, 0.05) is 5.57 Å². The molecule has 1 N–H and O–H groups in total. The number of ketones is 1. The van der Waals surface area contributed by atoms with Crippen LogP contribution in [0.4, 0.5) is 0 Å². The summed E-state index contributed by atoms with van der Waals surface area (Å²) in [5, 5.41) is 13.4. The molecule has 1 fully saturated rings. The number of likely N-dealkylation sites (tertiary alicyclic amines) is 1. The van der Waals surface area contributed by atoms with Crippen molar-refractivity contribution in [3.05, 3.63) is 65.2 Å². The lowest BCUT2D eigenvalue weighted by atomic mass is 9.95. The summed E-state index contributed by atoms with van der Waals surface area (Å²) in [6, 6.07) is 13.0. The molecule has 170 valence electrons. The Bertz CT molecular complexity index is 996. The molecule has 0 saturated carbocycles. The Morgan fingerprint density at radius 3 is 2.25 bits per heavy atom. The highest BCUT2D eigenvalue weighted by Crippen LogP contribution is 2.39. The van der Waals surface area contributed by atoms with Gasteiger partial charge in [0.1, 0.15) is 11.5 Å². The van der Waals surface area contributed by atoms with E-state index in [1.54, 1.807) is 56.7 Å². The SMILES string of the molecule is CC[NH+](CC)CCN1C(=O)C(=O)C(=C([O-])c2ccc(OC)cc2)C1c1cccc(OC)c1. The maximum atomic E-state index is 13.4. The molecule has 2 aromatic rings. The van der Waals surface area contributed by atoms with Gasteiger partial charge in [-0.15, -0.1) is 0 Å². The van der Waals surface area contributed by atoms with Crippen molar-refractivity contribution in [2.24, 2.45) is 0 Å². The lowest BCUT2D eigenvalue weighted by Crippen LogP contribution is -3.12. The van der Waals surface area contributed by atoms with Crippen molar-refractivity contribution < 1.29 is 29.1 Å². The number of hydrogen-bond acceptors (Lipinski definition) is 5. The first kappa shape index (κ1) is 23.3. The van der Waals surface area contributed by atoms with Crippen LogP contribution in [-0.4, -0.2) is 57.0 Å². The predicted molar refractivity (Wildman–Crippen MR) is 119 cm³/mol. The van der Waals surface area contributed by atoms with E-state index < -0.39 is 23.5 Å². The molecule has 1 heterocycles. The smallest absolute Gasteiger partial charge is 0.295 e. The van der Waals surface area contributed by atoms with Crippen molar-refractivity contribution in [3.63, 3.8) is 0 Å². The van der Waals surface area contributed by atoms with Gasteiger partial charge in [-0.3, -0.25) is 9.59 Å². The third kappa shape index (κ3) is 4.62. The predicted octanol–water partition coefficient (Wildman–Crippen LogP) is 0.853. The molecular weight excluding hydrogens is 408 g/mol. The van der Waals surface area contributed by atoms with Gasteiger partial charge in [0.15, 0.2) is 0 Å². The van der Waals surface area contributed by atoms with Crippen LogP contribution in [-0.2, 0) is 9.59 Å². The number of methoxy groups -OCH3 is 2. The molecule has 1 unspecified atom stereocenters. The monoisotopic (exact) mass is 438 g/mol. The molecule has 1 aliphatic heterocycles. The average molecular weight is 439 g/mol. The number of nitrogens with zero attached hydrogens (tertiary/aromatic N) is 1. The second-order valence-corrected chi connectivity index (χ2v) is 7.69. The summed E-state index contributed by atoms with van der Waals surface area (Å²) < 4.78 is 10.5. The highest BCUT2D eigenvalue weighted by molar-refractivity contribution is 6.46. The zero-order chi connectivity index (χ0) is 23.3. The van der Waals surface area contributed by atoms with Gasteiger partial charge in [-0.05, 0) is 49.2 Å². The lowest BCUT2D eigenvalue weighted by molar-refractivity contribution is -0.895. The fourth-order valence-corrected chi connectivity index (χ4v) is 4.04. The second kappa shape index (κ2) is 10.3. The van der Waals surface area contributed by atoms with Crippen LogP contribution in [0.15, 0.2) is 54.1 Å². The van der Waals surface area contributed by atoms with E-state index in [0.29, 0.717) is 35.7 Å². The molecule has 32 heavy (non-hydrogen) atoms. The third-order valence-corrected chi connectivity index (χ3v) is 6.00. The fraction of sp³-hybridized carbons (Fsp3) is 0.360. The minimum atomic E-state index is -0.755. The maximum absolute atomic E-state index is 13.4. The summed E-state index contributed by atoms with van der Waals surface area (Å²) in [5.74, 6) is -0.626. The maximum Gasteiger partial charge on any atom is 0.295 e. The molecule has 1 aliphatic rings. The number of ether oxygens (including phenoxy) is 2. The van der Waals surface area contributed by atoms with Gasteiger partial charge in [0.25, 0.3) is 5.91 Å². The largest absolute Gasteiger partial charge is 0.872 e. The summed E-state index contributed by atoms with van der Waals surface area (Å²) in [5.41, 5.74) is 0.990. The van der Waals surface area contributed by atoms with Gasteiger partial charge in [0.05, 0.1) is 46.4 Å². The molecule has 1 saturated heterocycles. The van der Waals surface area contributed by atoms with Crippen LogP contribution in [0.2, 0.25) is 0 Å². The molecular formula is C25H30N2O5. The quantitative estimate of drug-likeness (QED) is 0.357. The molecule has 0 bridgehead atoms. The van der Waals surface area contributed by atoms with Crippen LogP contribution in [0, 0.1) is 0 Å². The van der Waals surface area contributed by atoms with Crippen molar-refractivity contribution in [3.8, 4) is 11.5 Å². The van der Waals surface area contributed by atoms with Gasteiger partial charge < -0.3 is 24.4 Å². The number of rotatable bonds is 9. The molecule has 0 spiro atoms. The molecule has 0 aromatic heterocycles. The van der Waals surface area contributed by atoms with E-state index >= 15 is 0 Å². The summed E-state index contributed by atoms with van der Waals surface area (Å²) >= 11 is 0. The normalized spacial score (nSPS) is 17.8. The van der Waals surface area contributed by atoms with Crippen LogP contribution < -0.4 is 19.5 Å². The van der Waals surface area contributed by atoms with E-state index in [1.807, 2.05) is 6.07 Å². The van der Waals surface area contributed by atoms with E-state index in [0.717, 1.165) is 13.1 Å². The van der Waals surface area contributed by atoms with Crippen LogP contribution in [0.25, 0.3) is 5.76 Å². The Labute approximate surface area is 188 Å². The highest BCUT2D eigenvalue weighted by Gasteiger charge is 2.44. The summed E-state index contributed by atoms with van der Waals surface area (Å²) in [7, 11) is 3.10. The Morgan fingerprint density at radius 1 is 1.00 bits per heavy atom. The van der Waals surface area contributed by atoms with Gasteiger partial charge in [0.2, 0.25) is 5.78 Å². The number of likely N-dealkylation sites (N-methyl/N-ethyl adjacent to an activating group) is 1. The van der Waals surface area contributed by atoms with E-state index in [2.05, 4.69) is 13.8 Å². The molecule has 3 rings (SSSR count). The van der Waals surface area contributed by atoms with Crippen LogP contribution in [0.5, 0.6) is 11.5 Å². The molecule has 7 nitrogen and oxygen atoms in total. The first-order chi connectivity index (χ1) is 15.4. The number of nitrogens with one attached hydrogen (secondary N) is 1. The minimum Gasteiger partial charge on any atom is -0.872 e. The highest BCUT2D eigenvalue weighted by atomic mass is 16.5. The average Bonchev–Trinajstić information content (AvgIpc) is 3.09. The van der Waals surface area contributed by atoms with E-state index in [-0.39, 0.29) is 5.57 Å². The van der Waals surface area contributed by atoms with Gasteiger partial charge >= 0.3 is 0 Å². The first-order valence-electron chi connectivity index (χ1n) is 10.8. The molecule has 7 heteroatoms. The van der Waals surface area contributed by atoms with Gasteiger partial charge in [-0.1, -0.05) is 30.0 Å². The lowest BCUT2D eigenvalue weighted by Gasteiger charge is -2.28. The Hall–Kier alpha value is -3.32. The number of hydrogen-bond donors (Lipinski definition) is 1. The molecule has 2 aromatic carbocycles. The zero-order valence-corrected chi connectivity index (χ0v) is 19.0. The zero-order valence-electron chi connectivity index (χ0n) is 19.0. The summed E-state index contributed by atoms with van der Waals surface area (Å²) in [6.07, 6.45) is 0. The van der Waals surface area contributed by atoms with E-state index in [4.69, 9.17) is 9.47 Å². The second-order valence-electron chi connectivity index (χ2n) is 7.69. The minimum absolute atomic E-state index is 0.0250. The summed E-state index contributed by atoms with van der Waals surface area (Å²) in [4.78, 5) is 28.9. The van der Waals surface area contributed by atoms with Crippen molar-refractivity contribution in [1.82, 2.24) is 4.90 Å². The number of quaternary nitrogens is 1. The number of amides is 1. The number of carbonyl (C=O) groups is 2.